The van der Waals surface area contributed by atoms with E-state index in [0.29, 0.717) is 17.6 Å². The quantitative estimate of drug-likeness (QED) is 0.361. The molecular weight excluding hydrogens is 387 g/mol. The zero-order valence-corrected chi connectivity index (χ0v) is 19.6. The molecule has 2 atom stereocenters. The van der Waals surface area contributed by atoms with Crippen LogP contribution in [0.15, 0.2) is 48.5 Å². The summed E-state index contributed by atoms with van der Waals surface area (Å²) in [6.45, 7) is 4.57. The number of hydrogen-bond acceptors (Lipinski definition) is 5. The fraction of sp³-hybridized carbons (Fsp3) is 0.429. The van der Waals surface area contributed by atoms with E-state index in [1.165, 1.54) is 11.1 Å². The van der Waals surface area contributed by atoms with Gasteiger partial charge in [-0.15, -0.1) is 0 Å². The molecule has 0 aliphatic heterocycles. The number of benzene rings is 2. The van der Waals surface area contributed by atoms with Crippen LogP contribution in [0.2, 0.25) is 0 Å². The summed E-state index contributed by atoms with van der Waals surface area (Å²) in [5, 5.41) is 9.46. The van der Waals surface area contributed by atoms with Crippen LogP contribution < -0.4 is 34.3 Å². The van der Waals surface area contributed by atoms with Crippen molar-refractivity contribution in [3.63, 3.8) is 0 Å². The molecule has 2 unspecified atom stereocenters. The number of hydrogen-bond donors (Lipinski definition) is 1. The second kappa shape index (κ2) is 11.8. The predicted molar refractivity (Wildman–Crippen MR) is 105 cm³/mol. The molecule has 2 rings (SSSR count). The molecule has 0 aliphatic rings. The van der Waals surface area contributed by atoms with Crippen LogP contribution in [0.4, 0.5) is 0 Å². The molecule has 0 saturated carbocycles. The second-order valence-corrected chi connectivity index (χ2v) is 8.39. The number of phenolic OH excluding ortho intramolecular Hbond substituents is 1. The van der Waals surface area contributed by atoms with Crippen LogP contribution in [0.5, 0.6) is 11.5 Å². The summed E-state index contributed by atoms with van der Waals surface area (Å²) < 4.78 is 37.2. The first-order valence-electron chi connectivity index (χ1n) is 9.23. The molecule has 0 spiro atoms. The molecular formula is C21H27NaO5S. The fourth-order valence-electron chi connectivity index (χ4n) is 3.17. The largest absolute Gasteiger partial charge is 1.00 e. The van der Waals surface area contributed by atoms with Gasteiger partial charge >= 0.3 is 29.6 Å². The summed E-state index contributed by atoms with van der Waals surface area (Å²) in [5.74, 6) is 1.33. The normalized spacial score (nSPS) is 13.4. The Morgan fingerprint density at radius 3 is 2.14 bits per heavy atom. The minimum atomic E-state index is -4.18. The number of phenols is 1. The van der Waals surface area contributed by atoms with Gasteiger partial charge in [0.15, 0.2) is 0 Å². The van der Waals surface area contributed by atoms with Crippen molar-refractivity contribution in [1.82, 2.24) is 0 Å². The Morgan fingerprint density at radius 2 is 1.61 bits per heavy atom. The van der Waals surface area contributed by atoms with E-state index in [2.05, 4.69) is 13.8 Å². The molecule has 0 fully saturated rings. The maximum Gasteiger partial charge on any atom is 1.00 e. The van der Waals surface area contributed by atoms with Crippen LogP contribution in [0.1, 0.15) is 56.1 Å². The molecule has 7 heteroatoms. The number of rotatable bonds is 10. The third-order valence-electron chi connectivity index (χ3n) is 4.75. The van der Waals surface area contributed by atoms with Crippen molar-refractivity contribution in [2.24, 2.45) is 0 Å². The Hall–Kier alpha value is -1.05. The molecule has 1 N–H and O–H groups in total. The Balaban J connectivity index is 0.00000392. The van der Waals surface area contributed by atoms with Gasteiger partial charge in [-0.1, -0.05) is 38.1 Å². The van der Waals surface area contributed by atoms with Gasteiger partial charge in [-0.3, -0.25) is 0 Å². The van der Waals surface area contributed by atoms with Crippen molar-refractivity contribution < 1.29 is 52.4 Å². The number of aromatic hydroxyl groups is 1. The standard InChI is InChI=1S/C21H28O5S.Na/c1-3-17(19-5-9-20(22)10-6-19)15-16(2)18-7-11-21(12-8-18)26-13-4-14-27(23,24)25;/h5-12,16-17,22H,3-4,13-15H2,1-2H3,(H,23,24,25);/q;+1/p-1. The molecule has 0 aromatic heterocycles. The summed E-state index contributed by atoms with van der Waals surface area (Å²) >= 11 is 0. The topological polar surface area (TPSA) is 86.7 Å². The van der Waals surface area contributed by atoms with Crippen LogP contribution in [0, 0.1) is 0 Å². The summed E-state index contributed by atoms with van der Waals surface area (Å²) in [6.07, 6.45) is 2.22. The van der Waals surface area contributed by atoms with Gasteiger partial charge in [0.25, 0.3) is 0 Å². The molecule has 0 bridgehead atoms. The van der Waals surface area contributed by atoms with E-state index < -0.39 is 15.9 Å². The van der Waals surface area contributed by atoms with Gasteiger partial charge in [-0.05, 0) is 66.5 Å². The second-order valence-electron chi connectivity index (χ2n) is 6.87. The van der Waals surface area contributed by atoms with Crippen molar-refractivity contribution in [1.29, 1.82) is 0 Å². The zero-order valence-electron chi connectivity index (χ0n) is 16.8. The van der Waals surface area contributed by atoms with Crippen molar-refractivity contribution >= 4 is 10.1 Å². The summed E-state index contributed by atoms with van der Waals surface area (Å²) in [6, 6.07) is 15.2. The first kappa shape index (κ1) is 25.0. The minimum Gasteiger partial charge on any atom is -0.748 e. The van der Waals surface area contributed by atoms with E-state index in [4.69, 9.17) is 4.74 Å². The van der Waals surface area contributed by atoms with Crippen molar-refractivity contribution in [2.75, 3.05) is 12.4 Å². The molecule has 2 aromatic rings. The molecule has 0 radical (unpaired) electrons. The molecule has 5 nitrogen and oxygen atoms in total. The minimum absolute atomic E-state index is 0. The van der Waals surface area contributed by atoms with Crippen LogP contribution in [0.3, 0.4) is 0 Å². The first-order valence-corrected chi connectivity index (χ1v) is 10.8. The van der Waals surface area contributed by atoms with E-state index in [0.717, 1.165) is 12.8 Å². The summed E-state index contributed by atoms with van der Waals surface area (Å²) in [4.78, 5) is 0. The monoisotopic (exact) mass is 414 g/mol. The van der Waals surface area contributed by atoms with E-state index in [9.17, 15) is 18.1 Å². The maximum atomic E-state index is 10.6. The van der Waals surface area contributed by atoms with Crippen molar-refractivity contribution in [3.05, 3.63) is 59.7 Å². The van der Waals surface area contributed by atoms with Gasteiger partial charge in [0.05, 0.1) is 16.7 Å². The third kappa shape index (κ3) is 8.53. The van der Waals surface area contributed by atoms with Crippen LogP contribution in [-0.4, -0.2) is 30.4 Å². The summed E-state index contributed by atoms with van der Waals surface area (Å²) in [7, 11) is -4.18. The summed E-state index contributed by atoms with van der Waals surface area (Å²) in [5.41, 5.74) is 2.44. The SMILES string of the molecule is CCC(CC(C)c1ccc(OCCCS(=O)(=O)[O-])cc1)c1ccc(O)cc1.[Na+]. The zero-order chi connectivity index (χ0) is 19.9. The van der Waals surface area contributed by atoms with Gasteiger partial charge in [0.1, 0.15) is 11.5 Å². The molecule has 2 aromatic carbocycles. The molecule has 0 amide bonds. The Labute approximate surface area is 190 Å². The van der Waals surface area contributed by atoms with Crippen LogP contribution in [0.25, 0.3) is 0 Å². The first-order chi connectivity index (χ1) is 12.8. The van der Waals surface area contributed by atoms with E-state index in [1.807, 2.05) is 36.4 Å². The van der Waals surface area contributed by atoms with Gasteiger partial charge in [-0.25, -0.2) is 8.42 Å². The molecule has 28 heavy (non-hydrogen) atoms. The fourth-order valence-corrected chi connectivity index (χ4v) is 3.64. The Morgan fingerprint density at radius 1 is 1.04 bits per heavy atom. The van der Waals surface area contributed by atoms with Crippen molar-refractivity contribution in [3.8, 4) is 11.5 Å². The van der Waals surface area contributed by atoms with Gasteiger partial charge in [0.2, 0.25) is 0 Å². The molecule has 0 heterocycles. The van der Waals surface area contributed by atoms with Gasteiger partial charge in [-0.2, -0.15) is 0 Å². The average Bonchev–Trinajstić information content (AvgIpc) is 2.63. The predicted octanol–water partition coefficient (Wildman–Crippen LogP) is 1.40. The van der Waals surface area contributed by atoms with Crippen molar-refractivity contribution in [2.45, 2.75) is 44.9 Å². The van der Waals surface area contributed by atoms with E-state index >= 15 is 0 Å². The Kier molecular flexibility index (Phi) is 10.6. The molecule has 148 valence electrons. The molecule has 0 saturated heterocycles. The maximum absolute atomic E-state index is 10.6. The van der Waals surface area contributed by atoms with Crippen LogP contribution >= 0.6 is 0 Å². The van der Waals surface area contributed by atoms with Crippen LogP contribution in [-0.2, 0) is 10.1 Å². The van der Waals surface area contributed by atoms with Gasteiger partial charge in [0, 0.05) is 5.75 Å². The number of ether oxygens (including phenoxy) is 1. The average molecular weight is 414 g/mol. The smallest absolute Gasteiger partial charge is 0.748 e. The third-order valence-corrected chi connectivity index (χ3v) is 5.54. The van der Waals surface area contributed by atoms with E-state index in [-0.39, 0.29) is 48.3 Å². The Bertz CT molecular complexity index is 804. The van der Waals surface area contributed by atoms with E-state index in [1.54, 1.807) is 12.1 Å². The van der Waals surface area contributed by atoms with Gasteiger partial charge < -0.3 is 14.4 Å². The molecule has 0 aliphatic carbocycles.